The number of nitrogens with one attached hydrogen (secondary N) is 1. The maximum Gasteiger partial charge on any atom is 0.148 e. The number of hydrogen-bond acceptors (Lipinski definition) is 3. The highest BCUT2D eigenvalue weighted by atomic mass is 35.5. The molecule has 0 saturated heterocycles. The third-order valence-electron chi connectivity index (χ3n) is 3.21. The fourth-order valence-electron chi connectivity index (χ4n) is 1.99. The summed E-state index contributed by atoms with van der Waals surface area (Å²) in [6.45, 7) is 0. The molecule has 20 heavy (non-hydrogen) atoms. The summed E-state index contributed by atoms with van der Waals surface area (Å²) in [5, 5.41) is 12.5. The zero-order valence-corrected chi connectivity index (χ0v) is 11.3. The molecule has 0 radical (unpaired) electrons. The van der Waals surface area contributed by atoms with Gasteiger partial charge in [0.05, 0.1) is 16.3 Å². The standard InChI is InChI=1S/C15H11ClFN3/c16-12-5-4-11(17)7-14(12)20-15-10(8-18)3-6-13(19-15)9-1-2-9/h3-7,9H,1-2H2,(H,19,20). The summed E-state index contributed by atoms with van der Waals surface area (Å²) in [5.41, 5.74) is 1.78. The lowest BCUT2D eigenvalue weighted by Gasteiger charge is -2.10. The van der Waals surface area contributed by atoms with Crippen LogP contribution in [0.3, 0.4) is 0 Å². The molecule has 1 aromatic carbocycles. The van der Waals surface area contributed by atoms with Gasteiger partial charge in [-0.25, -0.2) is 9.37 Å². The highest BCUT2D eigenvalue weighted by molar-refractivity contribution is 6.33. The van der Waals surface area contributed by atoms with E-state index >= 15 is 0 Å². The van der Waals surface area contributed by atoms with E-state index in [1.165, 1.54) is 18.2 Å². The van der Waals surface area contributed by atoms with Crippen LogP contribution in [0.2, 0.25) is 5.02 Å². The largest absolute Gasteiger partial charge is 0.338 e. The van der Waals surface area contributed by atoms with Gasteiger partial charge < -0.3 is 5.32 Å². The lowest BCUT2D eigenvalue weighted by atomic mass is 10.2. The van der Waals surface area contributed by atoms with Crippen LogP contribution in [0.5, 0.6) is 0 Å². The fourth-order valence-corrected chi connectivity index (χ4v) is 2.15. The third-order valence-corrected chi connectivity index (χ3v) is 3.54. The minimum atomic E-state index is -0.395. The summed E-state index contributed by atoms with van der Waals surface area (Å²) in [4.78, 5) is 4.46. The molecule has 0 spiro atoms. The molecule has 1 saturated carbocycles. The first-order valence-corrected chi connectivity index (χ1v) is 6.68. The molecule has 0 unspecified atom stereocenters. The van der Waals surface area contributed by atoms with Crippen molar-refractivity contribution < 1.29 is 4.39 Å². The van der Waals surface area contributed by atoms with Crippen molar-refractivity contribution in [1.82, 2.24) is 4.98 Å². The van der Waals surface area contributed by atoms with Crippen LogP contribution < -0.4 is 5.32 Å². The topological polar surface area (TPSA) is 48.7 Å². The summed E-state index contributed by atoms with van der Waals surface area (Å²) >= 11 is 6.02. The van der Waals surface area contributed by atoms with Crippen molar-refractivity contribution in [3.8, 4) is 6.07 Å². The second-order valence-electron chi connectivity index (χ2n) is 4.77. The summed E-state index contributed by atoms with van der Waals surface area (Å²) in [6.07, 6.45) is 2.25. The minimum absolute atomic E-state index is 0.383. The van der Waals surface area contributed by atoms with E-state index in [0.717, 1.165) is 18.5 Å². The van der Waals surface area contributed by atoms with Crippen LogP contribution in [0.25, 0.3) is 0 Å². The predicted molar refractivity (Wildman–Crippen MR) is 75.6 cm³/mol. The van der Waals surface area contributed by atoms with E-state index in [1.54, 1.807) is 6.07 Å². The number of nitrogens with zero attached hydrogens (tertiary/aromatic N) is 2. The van der Waals surface area contributed by atoms with Gasteiger partial charge in [0.1, 0.15) is 17.7 Å². The normalized spacial score (nSPS) is 13.8. The van der Waals surface area contributed by atoms with E-state index in [0.29, 0.717) is 28.0 Å². The van der Waals surface area contributed by atoms with E-state index < -0.39 is 5.82 Å². The van der Waals surface area contributed by atoms with Crippen molar-refractivity contribution in [3.63, 3.8) is 0 Å². The number of benzene rings is 1. The number of rotatable bonds is 3. The molecule has 0 bridgehead atoms. The van der Waals surface area contributed by atoms with Crippen LogP contribution in [0, 0.1) is 17.1 Å². The third kappa shape index (κ3) is 2.59. The predicted octanol–water partition coefficient (Wildman–Crippen LogP) is 4.37. The Bertz CT molecular complexity index is 705. The average Bonchev–Trinajstić information content (AvgIpc) is 3.27. The highest BCUT2D eigenvalue weighted by Crippen LogP contribution is 2.40. The van der Waals surface area contributed by atoms with Crippen LogP contribution in [0.15, 0.2) is 30.3 Å². The van der Waals surface area contributed by atoms with Crippen molar-refractivity contribution in [2.45, 2.75) is 18.8 Å². The van der Waals surface area contributed by atoms with Crippen LogP contribution in [-0.2, 0) is 0 Å². The molecule has 3 nitrogen and oxygen atoms in total. The number of pyridine rings is 1. The molecular formula is C15H11ClFN3. The average molecular weight is 288 g/mol. The second-order valence-corrected chi connectivity index (χ2v) is 5.17. The van der Waals surface area contributed by atoms with Crippen molar-refractivity contribution in [2.75, 3.05) is 5.32 Å². The molecule has 0 aliphatic heterocycles. The number of halogens is 2. The van der Waals surface area contributed by atoms with Crippen LogP contribution in [0.1, 0.15) is 30.0 Å². The molecule has 3 rings (SSSR count). The van der Waals surface area contributed by atoms with E-state index in [9.17, 15) is 4.39 Å². The zero-order valence-electron chi connectivity index (χ0n) is 10.5. The molecule has 1 heterocycles. The van der Waals surface area contributed by atoms with Gasteiger partial charge in [-0.3, -0.25) is 0 Å². The van der Waals surface area contributed by atoms with E-state index in [2.05, 4.69) is 16.4 Å². The Morgan fingerprint density at radius 2 is 2.10 bits per heavy atom. The van der Waals surface area contributed by atoms with Gasteiger partial charge in [-0.2, -0.15) is 5.26 Å². The number of hydrogen-bond donors (Lipinski definition) is 1. The Morgan fingerprint density at radius 1 is 1.30 bits per heavy atom. The quantitative estimate of drug-likeness (QED) is 0.912. The SMILES string of the molecule is N#Cc1ccc(C2CC2)nc1Nc1cc(F)ccc1Cl. The first kappa shape index (κ1) is 12.9. The number of anilines is 2. The molecule has 1 aliphatic carbocycles. The first-order chi connectivity index (χ1) is 9.67. The summed E-state index contributed by atoms with van der Waals surface area (Å²) in [7, 11) is 0. The van der Waals surface area contributed by atoms with Gasteiger partial charge in [0, 0.05) is 11.6 Å². The molecule has 2 aromatic rings. The molecular weight excluding hydrogens is 277 g/mol. The van der Waals surface area contributed by atoms with Gasteiger partial charge >= 0.3 is 0 Å². The van der Waals surface area contributed by atoms with Gasteiger partial charge in [-0.1, -0.05) is 11.6 Å². The molecule has 1 N–H and O–H groups in total. The van der Waals surface area contributed by atoms with Crippen LogP contribution in [-0.4, -0.2) is 4.98 Å². The Kier molecular flexibility index (Phi) is 3.29. The lowest BCUT2D eigenvalue weighted by molar-refractivity contribution is 0.628. The number of nitriles is 1. The fraction of sp³-hybridized carbons (Fsp3) is 0.200. The van der Waals surface area contributed by atoms with Crippen LogP contribution in [0.4, 0.5) is 15.9 Å². The molecule has 1 fully saturated rings. The van der Waals surface area contributed by atoms with E-state index in [-0.39, 0.29) is 0 Å². The zero-order chi connectivity index (χ0) is 14.1. The Morgan fingerprint density at radius 3 is 2.80 bits per heavy atom. The highest BCUT2D eigenvalue weighted by Gasteiger charge is 2.25. The van der Waals surface area contributed by atoms with Crippen molar-refractivity contribution in [2.24, 2.45) is 0 Å². The van der Waals surface area contributed by atoms with E-state index in [1.807, 2.05) is 6.07 Å². The van der Waals surface area contributed by atoms with Gasteiger partial charge in [0.2, 0.25) is 0 Å². The summed E-state index contributed by atoms with van der Waals surface area (Å²) in [6, 6.07) is 9.72. The Hall–Kier alpha value is -2.12. The molecule has 1 aromatic heterocycles. The second kappa shape index (κ2) is 5.10. The van der Waals surface area contributed by atoms with Crippen molar-refractivity contribution in [1.29, 1.82) is 5.26 Å². The number of aromatic nitrogens is 1. The summed E-state index contributed by atoms with van der Waals surface area (Å²) < 4.78 is 13.3. The van der Waals surface area contributed by atoms with Crippen molar-refractivity contribution in [3.05, 3.63) is 52.4 Å². The van der Waals surface area contributed by atoms with Crippen molar-refractivity contribution >= 4 is 23.1 Å². The van der Waals surface area contributed by atoms with Gasteiger partial charge in [0.25, 0.3) is 0 Å². The van der Waals surface area contributed by atoms with Gasteiger partial charge in [-0.05, 0) is 43.2 Å². The van der Waals surface area contributed by atoms with E-state index in [4.69, 9.17) is 16.9 Å². The molecule has 0 atom stereocenters. The Balaban J connectivity index is 1.98. The van der Waals surface area contributed by atoms with Gasteiger partial charge in [-0.15, -0.1) is 0 Å². The molecule has 1 aliphatic rings. The smallest absolute Gasteiger partial charge is 0.148 e. The molecule has 5 heteroatoms. The maximum atomic E-state index is 13.3. The first-order valence-electron chi connectivity index (χ1n) is 6.30. The maximum absolute atomic E-state index is 13.3. The monoisotopic (exact) mass is 287 g/mol. The molecule has 0 amide bonds. The summed E-state index contributed by atoms with van der Waals surface area (Å²) in [5.74, 6) is 0.504. The molecule has 100 valence electrons. The van der Waals surface area contributed by atoms with Crippen LogP contribution >= 0.6 is 11.6 Å². The van der Waals surface area contributed by atoms with Gasteiger partial charge in [0.15, 0.2) is 0 Å². The Labute approximate surface area is 121 Å². The minimum Gasteiger partial charge on any atom is -0.338 e. The lowest BCUT2D eigenvalue weighted by Crippen LogP contribution is -2.00.